The Morgan fingerprint density at radius 1 is 0.955 bits per heavy atom. The minimum absolute atomic E-state index is 0.0376. The Labute approximate surface area is 126 Å². The number of carboxylic acids is 2. The molecule has 6 heteroatoms. The zero-order valence-corrected chi connectivity index (χ0v) is 11.6. The molecule has 6 nitrogen and oxygen atoms in total. The number of aliphatic carboxylic acids is 1. The Balaban J connectivity index is 1.75. The van der Waals surface area contributed by atoms with Crippen LogP contribution in [0, 0.1) is 23.7 Å². The van der Waals surface area contributed by atoms with E-state index in [0.717, 1.165) is 0 Å². The van der Waals surface area contributed by atoms with E-state index in [0.29, 0.717) is 12.1 Å². The molecular weight excluding hydrogens is 286 g/mol. The molecule has 2 aliphatic rings. The van der Waals surface area contributed by atoms with Crippen molar-refractivity contribution in [2.24, 2.45) is 23.7 Å². The summed E-state index contributed by atoms with van der Waals surface area (Å²) >= 11 is 0. The number of allylic oxidation sites excluding steroid dienone is 2. The number of carbonyl (C=O) groups is 3. The number of carboxylic acid groups (broad SMARTS) is 2. The van der Waals surface area contributed by atoms with Gasteiger partial charge in [0.05, 0.1) is 17.4 Å². The third-order valence-electron chi connectivity index (χ3n) is 4.45. The zero-order chi connectivity index (χ0) is 15.9. The van der Waals surface area contributed by atoms with E-state index in [1.807, 2.05) is 12.2 Å². The van der Waals surface area contributed by atoms with E-state index in [1.54, 1.807) is 0 Å². The number of hydrogen-bond donors (Lipinski definition) is 3. The highest BCUT2D eigenvalue weighted by molar-refractivity contribution is 5.97. The summed E-state index contributed by atoms with van der Waals surface area (Å²) in [4.78, 5) is 34.6. The van der Waals surface area contributed by atoms with Gasteiger partial charge in [0.15, 0.2) is 0 Å². The van der Waals surface area contributed by atoms with Crippen molar-refractivity contribution in [2.75, 3.05) is 5.32 Å². The van der Waals surface area contributed by atoms with Crippen molar-refractivity contribution in [1.29, 1.82) is 0 Å². The van der Waals surface area contributed by atoms with Gasteiger partial charge in [-0.2, -0.15) is 0 Å². The van der Waals surface area contributed by atoms with Crippen molar-refractivity contribution < 1.29 is 24.6 Å². The number of amides is 1. The topological polar surface area (TPSA) is 104 Å². The number of rotatable bonds is 4. The Morgan fingerprint density at radius 2 is 1.55 bits per heavy atom. The van der Waals surface area contributed by atoms with Gasteiger partial charge in [0.25, 0.3) is 0 Å². The van der Waals surface area contributed by atoms with Crippen LogP contribution in [0.4, 0.5) is 5.69 Å². The van der Waals surface area contributed by atoms with Crippen molar-refractivity contribution in [3.63, 3.8) is 0 Å². The van der Waals surface area contributed by atoms with Crippen LogP contribution in [0.2, 0.25) is 0 Å². The molecule has 0 heterocycles. The second-order valence-electron chi connectivity index (χ2n) is 5.71. The number of anilines is 1. The number of aromatic carboxylic acids is 1. The average molecular weight is 301 g/mol. The molecule has 1 saturated carbocycles. The van der Waals surface area contributed by atoms with Crippen LogP contribution in [0.25, 0.3) is 0 Å². The molecule has 4 atom stereocenters. The van der Waals surface area contributed by atoms with Crippen molar-refractivity contribution in [1.82, 2.24) is 0 Å². The molecule has 2 bridgehead atoms. The van der Waals surface area contributed by atoms with Crippen LogP contribution in [-0.4, -0.2) is 28.1 Å². The van der Waals surface area contributed by atoms with Gasteiger partial charge >= 0.3 is 11.9 Å². The predicted octanol–water partition coefficient (Wildman–Crippen LogP) is 1.85. The summed E-state index contributed by atoms with van der Waals surface area (Å²) in [6.45, 7) is 0. The molecule has 114 valence electrons. The van der Waals surface area contributed by atoms with Gasteiger partial charge in [-0.05, 0) is 42.5 Å². The first-order chi connectivity index (χ1) is 10.5. The van der Waals surface area contributed by atoms with Gasteiger partial charge in [0.1, 0.15) is 0 Å². The highest BCUT2D eigenvalue weighted by Crippen LogP contribution is 2.48. The summed E-state index contributed by atoms with van der Waals surface area (Å²) in [5, 5.41) is 20.9. The van der Waals surface area contributed by atoms with Gasteiger partial charge in [0.2, 0.25) is 5.91 Å². The molecule has 0 aliphatic heterocycles. The van der Waals surface area contributed by atoms with Gasteiger partial charge in [0, 0.05) is 5.69 Å². The Morgan fingerprint density at radius 3 is 2.09 bits per heavy atom. The fraction of sp³-hybridized carbons (Fsp3) is 0.312. The number of nitrogens with one attached hydrogen (secondary N) is 1. The van der Waals surface area contributed by atoms with Gasteiger partial charge in [-0.25, -0.2) is 4.79 Å². The molecule has 0 spiro atoms. The number of hydrogen-bond acceptors (Lipinski definition) is 3. The lowest BCUT2D eigenvalue weighted by Gasteiger charge is -2.23. The fourth-order valence-electron chi connectivity index (χ4n) is 3.44. The van der Waals surface area contributed by atoms with Crippen LogP contribution in [0.5, 0.6) is 0 Å². The molecular formula is C16H15NO5. The van der Waals surface area contributed by atoms with Crippen molar-refractivity contribution >= 4 is 23.5 Å². The molecule has 1 aromatic carbocycles. The highest BCUT2D eigenvalue weighted by Gasteiger charge is 2.51. The summed E-state index contributed by atoms with van der Waals surface area (Å²) in [5.41, 5.74) is 0.593. The Kier molecular flexibility index (Phi) is 3.44. The standard InChI is InChI=1S/C16H15NO5/c18-14(17-11-5-3-8(4-6-11)15(19)20)12-9-1-2-10(7-9)13(12)16(21)22/h1-6,9-10,12-13H,7H2,(H,17,18)(H,19,20)(H,21,22)/t9-,10+,12-,13-/m0/s1. The molecule has 1 aromatic rings. The maximum absolute atomic E-state index is 12.4. The van der Waals surface area contributed by atoms with Crippen LogP contribution >= 0.6 is 0 Å². The first kappa shape index (κ1) is 14.3. The summed E-state index contributed by atoms with van der Waals surface area (Å²) in [6.07, 6.45) is 4.50. The lowest BCUT2D eigenvalue weighted by atomic mass is 9.82. The molecule has 0 aromatic heterocycles. The highest BCUT2D eigenvalue weighted by atomic mass is 16.4. The SMILES string of the molecule is O=C(O)c1ccc(NC(=O)[C@@H]2[C@@H](C(=O)O)[C@@H]3C=C[C@H]2C3)cc1. The molecule has 22 heavy (non-hydrogen) atoms. The lowest BCUT2D eigenvalue weighted by molar-refractivity contribution is -0.146. The number of carbonyl (C=O) groups excluding carboxylic acids is 1. The summed E-state index contributed by atoms with van der Waals surface area (Å²) in [5.74, 6) is -3.69. The first-order valence-corrected chi connectivity index (χ1v) is 7.02. The van der Waals surface area contributed by atoms with E-state index in [4.69, 9.17) is 5.11 Å². The van der Waals surface area contributed by atoms with Crippen molar-refractivity contribution in [3.8, 4) is 0 Å². The van der Waals surface area contributed by atoms with E-state index in [-0.39, 0.29) is 23.3 Å². The molecule has 3 rings (SSSR count). The quantitative estimate of drug-likeness (QED) is 0.736. The van der Waals surface area contributed by atoms with Crippen LogP contribution in [0.15, 0.2) is 36.4 Å². The van der Waals surface area contributed by atoms with Crippen molar-refractivity contribution in [3.05, 3.63) is 42.0 Å². The van der Waals surface area contributed by atoms with Gasteiger partial charge in [-0.15, -0.1) is 0 Å². The zero-order valence-electron chi connectivity index (χ0n) is 11.6. The van der Waals surface area contributed by atoms with E-state index < -0.39 is 23.8 Å². The first-order valence-electron chi connectivity index (χ1n) is 7.02. The van der Waals surface area contributed by atoms with Gasteiger partial charge in [-0.1, -0.05) is 12.2 Å². The van der Waals surface area contributed by atoms with E-state index in [1.165, 1.54) is 24.3 Å². The third-order valence-corrected chi connectivity index (χ3v) is 4.45. The molecule has 3 N–H and O–H groups in total. The summed E-state index contributed by atoms with van der Waals surface area (Å²) in [7, 11) is 0. The normalized spacial score (nSPS) is 28.5. The average Bonchev–Trinajstić information content (AvgIpc) is 3.08. The molecule has 0 radical (unpaired) electrons. The minimum Gasteiger partial charge on any atom is -0.481 e. The van der Waals surface area contributed by atoms with E-state index >= 15 is 0 Å². The van der Waals surface area contributed by atoms with E-state index in [9.17, 15) is 19.5 Å². The predicted molar refractivity (Wildman–Crippen MR) is 77.4 cm³/mol. The van der Waals surface area contributed by atoms with Crippen molar-refractivity contribution in [2.45, 2.75) is 6.42 Å². The maximum atomic E-state index is 12.4. The second-order valence-corrected chi connectivity index (χ2v) is 5.71. The molecule has 0 saturated heterocycles. The Bertz CT molecular complexity index is 664. The summed E-state index contributed by atoms with van der Waals surface area (Å²) in [6, 6.07) is 5.79. The molecule has 1 fully saturated rings. The minimum atomic E-state index is -1.04. The maximum Gasteiger partial charge on any atom is 0.335 e. The second kappa shape index (κ2) is 5.29. The lowest BCUT2D eigenvalue weighted by Crippen LogP contribution is -2.36. The third kappa shape index (κ3) is 2.36. The van der Waals surface area contributed by atoms with Gasteiger partial charge < -0.3 is 15.5 Å². The van der Waals surface area contributed by atoms with Crippen LogP contribution < -0.4 is 5.32 Å². The summed E-state index contributed by atoms with van der Waals surface area (Å²) < 4.78 is 0. The largest absolute Gasteiger partial charge is 0.481 e. The van der Waals surface area contributed by atoms with Crippen LogP contribution in [0.1, 0.15) is 16.8 Å². The molecule has 1 amide bonds. The molecule has 2 aliphatic carbocycles. The van der Waals surface area contributed by atoms with Gasteiger partial charge in [-0.3, -0.25) is 9.59 Å². The number of benzene rings is 1. The van der Waals surface area contributed by atoms with Crippen LogP contribution in [-0.2, 0) is 9.59 Å². The van der Waals surface area contributed by atoms with E-state index in [2.05, 4.69) is 5.32 Å². The Hall–Kier alpha value is -2.63. The fourth-order valence-corrected chi connectivity index (χ4v) is 3.44. The monoisotopic (exact) mass is 301 g/mol. The number of fused-ring (bicyclic) bond motifs is 2. The molecule has 0 unspecified atom stereocenters. The van der Waals surface area contributed by atoms with Crippen LogP contribution in [0.3, 0.4) is 0 Å². The smallest absolute Gasteiger partial charge is 0.335 e.